The molecule has 3 rings (SSSR count). The summed E-state index contributed by atoms with van der Waals surface area (Å²) >= 11 is 0. The van der Waals surface area contributed by atoms with Crippen LogP contribution in [-0.4, -0.2) is 46.9 Å². The zero-order valence-corrected chi connectivity index (χ0v) is 14.6. The summed E-state index contributed by atoms with van der Waals surface area (Å²) in [5.41, 5.74) is 1.21. The van der Waals surface area contributed by atoms with E-state index < -0.39 is 0 Å². The Morgan fingerprint density at radius 3 is 2.88 bits per heavy atom. The number of carbonyl (C=O) groups is 1. The maximum absolute atomic E-state index is 12.6. The van der Waals surface area contributed by atoms with Crippen LogP contribution in [0.5, 0.6) is 0 Å². The van der Waals surface area contributed by atoms with E-state index in [1.54, 1.807) is 11.8 Å². The lowest BCUT2D eigenvalue weighted by Gasteiger charge is -2.33. The lowest BCUT2D eigenvalue weighted by Crippen LogP contribution is -2.50. The number of hydrogen-bond donors (Lipinski definition) is 1. The molecular formula is C18H24N4O3. The van der Waals surface area contributed by atoms with E-state index in [0.29, 0.717) is 37.8 Å². The summed E-state index contributed by atoms with van der Waals surface area (Å²) in [6.07, 6.45) is 1.50. The van der Waals surface area contributed by atoms with Gasteiger partial charge in [-0.1, -0.05) is 42.4 Å². The molecule has 2 atom stereocenters. The molecule has 1 aliphatic heterocycles. The molecule has 1 aromatic heterocycles. The Bertz CT molecular complexity index is 689. The number of morpholine rings is 1. The van der Waals surface area contributed by atoms with Crippen LogP contribution in [0.15, 0.2) is 34.9 Å². The van der Waals surface area contributed by atoms with Gasteiger partial charge in [0.05, 0.1) is 18.8 Å². The summed E-state index contributed by atoms with van der Waals surface area (Å²) < 4.78 is 10.8. The molecule has 1 aliphatic rings. The van der Waals surface area contributed by atoms with Crippen LogP contribution in [0, 0.1) is 6.92 Å². The third-order valence-electron chi connectivity index (χ3n) is 4.29. The molecule has 7 nitrogen and oxygen atoms in total. The molecule has 2 heterocycles. The van der Waals surface area contributed by atoms with Crippen LogP contribution < -0.4 is 5.32 Å². The van der Waals surface area contributed by atoms with Crippen molar-refractivity contribution in [3.05, 3.63) is 47.6 Å². The Morgan fingerprint density at radius 2 is 2.20 bits per heavy atom. The standard InChI is InChI=1S/C18H24N4O3/c1-3-16(17-19-13(2)25-21-17)20-18(23)22-9-10-24-15(12-22)11-14-7-5-4-6-8-14/h4-8,15-16H,3,9-12H2,1-2H3,(H,20,23)/t15-,16+/m0/s1. The minimum atomic E-state index is -0.250. The fourth-order valence-electron chi connectivity index (χ4n) is 2.95. The van der Waals surface area contributed by atoms with Crippen molar-refractivity contribution in [1.29, 1.82) is 0 Å². The van der Waals surface area contributed by atoms with Crippen LogP contribution >= 0.6 is 0 Å². The molecule has 2 aromatic rings. The van der Waals surface area contributed by atoms with Gasteiger partial charge < -0.3 is 19.5 Å². The molecule has 1 fully saturated rings. The number of rotatable bonds is 5. The third-order valence-corrected chi connectivity index (χ3v) is 4.29. The molecule has 1 saturated heterocycles. The summed E-state index contributed by atoms with van der Waals surface area (Å²) in [6, 6.07) is 9.82. The average molecular weight is 344 g/mol. The monoisotopic (exact) mass is 344 g/mol. The molecule has 134 valence electrons. The fourth-order valence-corrected chi connectivity index (χ4v) is 2.95. The fraction of sp³-hybridized carbons (Fsp3) is 0.500. The van der Waals surface area contributed by atoms with Crippen LogP contribution in [0.1, 0.15) is 36.7 Å². The first-order chi connectivity index (χ1) is 12.2. The maximum Gasteiger partial charge on any atom is 0.318 e. The van der Waals surface area contributed by atoms with E-state index in [4.69, 9.17) is 9.26 Å². The molecule has 0 spiro atoms. The maximum atomic E-state index is 12.6. The van der Waals surface area contributed by atoms with Crippen molar-refractivity contribution >= 4 is 6.03 Å². The van der Waals surface area contributed by atoms with E-state index in [0.717, 1.165) is 6.42 Å². The molecule has 0 aliphatic carbocycles. The summed E-state index contributed by atoms with van der Waals surface area (Å²) in [6.45, 7) is 5.42. The molecule has 1 N–H and O–H groups in total. The van der Waals surface area contributed by atoms with Gasteiger partial charge in [-0.05, 0) is 12.0 Å². The van der Waals surface area contributed by atoms with Gasteiger partial charge >= 0.3 is 6.03 Å². The van der Waals surface area contributed by atoms with Crippen molar-refractivity contribution in [1.82, 2.24) is 20.4 Å². The topological polar surface area (TPSA) is 80.5 Å². The Morgan fingerprint density at radius 1 is 1.40 bits per heavy atom. The predicted molar refractivity (Wildman–Crippen MR) is 92.1 cm³/mol. The van der Waals surface area contributed by atoms with Crippen LogP contribution in [0.3, 0.4) is 0 Å². The summed E-state index contributed by atoms with van der Waals surface area (Å²) in [5, 5.41) is 6.91. The molecule has 0 bridgehead atoms. The van der Waals surface area contributed by atoms with Gasteiger partial charge in [0.25, 0.3) is 0 Å². The van der Waals surface area contributed by atoms with E-state index in [1.807, 2.05) is 25.1 Å². The van der Waals surface area contributed by atoms with Gasteiger partial charge in [-0.15, -0.1) is 0 Å². The Kier molecular flexibility index (Phi) is 5.65. The van der Waals surface area contributed by atoms with Crippen molar-refractivity contribution in [3.8, 4) is 0 Å². The van der Waals surface area contributed by atoms with E-state index in [1.165, 1.54) is 5.56 Å². The highest BCUT2D eigenvalue weighted by molar-refractivity contribution is 5.74. The molecular weight excluding hydrogens is 320 g/mol. The van der Waals surface area contributed by atoms with Crippen LogP contribution in [0.4, 0.5) is 4.79 Å². The van der Waals surface area contributed by atoms with Gasteiger partial charge in [0.15, 0.2) is 5.82 Å². The minimum absolute atomic E-state index is 0.00870. The number of benzene rings is 1. The number of hydrogen-bond acceptors (Lipinski definition) is 5. The largest absolute Gasteiger partial charge is 0.374 e. The van der Waals surface area contributed by atoms with Crippen LogP contribution in [0.25, 0.3) is 0 Å². The lowest BCUT2D eigenvalue weighted by atomic mass is 10.1. The summed E-state index contributed by atoms with van der Waals surface area (Å²) in [5.74, 6) is 1.01. The molecule has 0 unspecified atom stereocenters. The molecule has 25 heavy (non-hydrogen) atoms. The van der Waals surface area contributed by atoms with Crippen molar-refractivity contribution in [3.63, 3.8) is 0 Å². The first-order valence-electron chi connectivity index (χ1n) is 8.67. The third kappa shape index (κ3) is 4.57. The lowest BCUT2D eigenvalue weighted by molar-refractivity contribution is -0.0137. The number of aryl methyl sites for hydroxylation is 1. The quantitative estimate of drug-likeness (QED) is 0.901. The first-order valence-corrected chi connectivity index (χ1v) is 8.67. The van der Waals surface area contributed by atoms with Crippen molar-refractivity contribution in [2.75, 3.05) is 19.7 Å². The zero-order valence-electron chi connectivity index (χ0n) is 14.6. The molecule has 1 aromatic carbocycles. The minimum Gasteiger partial charge on any atom is -0.374 e. The van der Waals surface area contributed by atoms with Crippen molar-refractivity contribution < 1.29 is 14.1 Å². The second-order valence-corrected chi connectivity index (χ2v) is 6.21. The molecule has 7 heteroatoms. The number of aromatic nitrogens is 2. The molecule has 2 amide bonds. The van der Waals surface area contributed by atoms with Crippen LogP contribution in [-0.2, 0) is 11.2 Å². The van der Waals surface area contributed by atoms with E-state index >= 15 is 0 Å². The number of ether oxygens (including phenoxy) is 1. The van der Waals surface area contributed by atoms with Crippen molar-refractivity contribution in [2.45, 2.75) is 38.8 Å². The van der Waals surface area contributed by atoms with Gasteiger partial charge in [0.1, 0.15) is 0 Å². The Labute approximate surface area is 147 Å². The van der Waals surface area contributed by atoms with Crippen LogP contribution in [0.2, 0.25) is 0 Å². The number of amides is 2. The van der Waals surface area contributed by atoms with E-state index in [2.05, 4.69) is 27.6 Å². The number of urea groups is 1. The van der Waals surface area contributed by atoms with Gasteiger partial charge in [-0.3, -0.25) is 0 Å². The van der Waals surface area contributed by atoms with Gasteiger partial charge in [-0.25, -0.2) is 4.79 Å². The second kappa shape index (κ2) is 8.11. The highest BCUT2D eigenvalue weighted by atomic mass is 16.5. The van der Waals surface area contributed by atoms with Gasteiger partial charge in [0.2, 0.25) is 5.89 Å². The highest BCUT2D eigenvalue weighted by Crippen LogP contribution is 2.16. The highest BCUT2D eigenvalue weighted by Gasteiger charge is 2.27. The number of nitrogens with zero attached hydrogens (tertiary/aromatic N) is 3. The smallest absolute Gasteiger partial charge is 0.318 e. The Balaban J connectivity index is 1.57. The number of carbonyl (C=O) groups excluding carboxylic acids is 1. The normalized spacial score (nSPS) is 18.8. The molecule has 0 radical (unpaired) electrons. The number of nitrogens with one attached hydrogen (secondary N) is 1. The molecule has 0 saturated carbocycles. The first kappa shape index (κ1) is 17.4. The van der Waals surface area contributed by atoms with Gasteiger partial charge in [0, 0.05) is 26.4 Å². The SMILES string of the molecule is CC[C@@H](NC(=O)N1CCO[C@@H](Cc2ccccc2)C1)c1noc(C)n1. The van der Waals surface area contributed by atoms with Crippen molar-refractivity contribution in [2.24, 2.45) is 0 Å². The average Bonchev–Trinajstić information content (AvgIpc) is 3.07. The van der Waals surface area contributed by atoms with E-state index in [9.17, 15) is 4.79 Å². The zero-order chi connectivity index (χ0) is 17.6. The summed E-state index contributed by atoms with van der Waals surface area (Å²) in [4.78, 5) is 18.6. The Hall–Kier alpha value is -2.41. The van der Waals surface area contributed by atoms with E-state index in [-0.39, 0.29) is 18.2 Å². The predicted octanol–water partition coefficient (Wildman–Crippen LogP) is 2.48. The second-order valence-electron chi connectivity index (χ2n) is 6.21. The summed E-state index contributed by atoms with van der Waals surface area (Å²) in [7, 11) is 0. The van der Waals surface area contributed by atoms with Gasteiger partial charge in [-0.2, -0.15) is 4.98 Å².